The van der Waals surface area contributed by atoms with E-state index in [9.17, 15) is 14.4 Å². The molecule has 3 aliphatic rings. The third-order valence-corrected chi connectivity index (χ3v) is 7.22. The second-order valence-electron chi connectivity index (χ2n) is 10.2. The highest BCUT2D eigenvalue weighted by Gasteiger charge is 2.53. The second-order valence-corrected chi connectivity index (χ2v) is 10.2. The van der Waals surface area contributed by atoms with Gasteiger partial charge in [0.15, 0.2) is 11.5 Å². The Bertz CT molecular complexity index is 1000. The number of likely N-dealkylation sites (tertiary alicyclic amines) is 1. The molecule has 8 nitrogen and oxygen atoms in total. The monoisotopic (exact) mass is 484 g/mol. The largest absolute Gasteiger partial charge is 0.468 e. The van der Waals surface area contributed by atoms with E-state index in [4.69, 9.17) is 14.2 Å². The summed E-state index contributed by atoms with van der Waals surface area (Å²) in [5, 5.41) is 2.94. The predicted octanol–water partition coefficient (Wildman–Crippen LogP) is 3.93. The number of methoxy groups -OCH3 is 1. The Hall–Kier alpha value is -3.03. The number of carbonyl (C=O) groups is 3. The zero-order chi connectivity index (χ0) is 25.0. The minimum Gasteiger partial charge on any atom is -0.468 e. The van der Waals surface area contributed by atoms with E-state index in [0.29, 0.717) is 42.5 Å². The van der Waals surface area contributed by atoms with Crippen LogP contribution in [0.15, 0.2) is 30.0 Å². The van der Waals surface area contributed by atoms with Gasteiger partial charge in [0, 0.05) is 24.6 Å². The molecular formula is C27H36N2O6. The molecule has 1 aromatic carbocycles. The van der Waals surface area contributed by atoms with Crippen LogP contribution < -0.4 is 14.8 Å². The van der Waals surface area contributed by atoms with E-state index in [1.54, 1.807) is 4.90 Å². The minimum absolute atomic E-state index is 0.0561. The molecule has 1 aliphatic carbocycles. The summed E-state index contributed by atoms with van der Waals surface area (Å²) in [5.41, 5.74) is 0.646. The molecular weight excluding hydrogens is 448 g/mol. The van der Waals surface area contributed by atoms with Crippen LogP contribution >= 0.6 is 0 Å². The molecule has 35 heavy (non-hydrogen) atoms. The lowest BCUT2D eigenvalue weighted by Gasteiger charge is -2.46. The smallest absolute Gasteiger partial charge is 0.317 e. The predicted molar refractivity (Wildman–Crippen MR) is 129 cm³/mol. The van der Waals surface area contributed by atoms with Crippen LogP contribution in [-0.2, 0) is 25.7 Å². The lowest BCUT2D eigenvalue weighted by Crippen LogP contribution is -2.53. The Morgan fingerprint density at radius 1 is 1.23 bits per heavy atom. The number of rotatable bonds is 8. The van der Waals surface area contributed by atoms with Gasteiger partial charge in [-0.3, -0.25) is 14.4 Å². The third kappa shape index (κ3) is 5.31. The first kappa shape index (κ1) is 25.1. The van der Waals surface area contributed by atoms with Crippen molar-refractivity contribution < 1.29 is 28.6 Å². The van der Waals surface area contributed by atoms with Gasteiger partial charge in [0.05, 0.1) is 13.7 Å². The summed E-state index contributed by atoms with van der Waals surface area (Å²) in [6, 6.07) is 5.61. The van der Waals surface area contributed by atoms with Crippen molar-refractivity contribution in [2.45, 2.75) is 65.3 Å². The number of benzene rings is 1. The quantitative estimate of drug-likeness (QED) is 0.562. The summed E-state index contributed by atoms with van der Waals surface area (Å²) in [6.07, 6.45) is 6.43. The van der Waals surface area contributed by atoms with Gasteiger partial charge in [-0.2, -0.15) is 0 Å². The topological polar surface area (TPSA) is 94.2 Å². The van der Waals surface area contributed by atoms with E-state index in [1.165, 1.54) is 7.11 Å². The average molecular weight is 485 g/mol. The fraction of sp³-hybridized carbons (Fsp3) is 0.593. The number of hydrogen-bond donors (Lipinski definition) is 1. The van der Waals surface area contributed by atoms with Crippen molar-refractivity contribution in [3.05, 3.63) is 35.5 Å². The van der Waals surface area contributed by atoms with E-state index in [-0.39, 0.29) is 37.5 Å². The van der Waals surface area contributed by atoms with Crippen molar-refractivity contribution in [1.82, 2.24) is 10.2 Å². The first-order chi connectivity index (χ1) is 16.8. The molecule has 0 bridgehead atoms. The van der Waals surface area contributed by atoms with Crippen molar-refractivity contribution >= 4 is 17.8 Å². The highest BCUT2D eigenvalue weighted by Crippen LogP contribution is 2.50. The zero-order valence-corrected chi connectivity index (χ0v) is 20.9. The summed E-state index contributed by atoms with van der Waals surface area (Å²) in [4.78, 5) is 41.5. The molecule has 2 heterocycles. The second kappa shape index (κ2) is 10.7. The summed E-state index contributed by atoms with van der Waals surface area (Å²) in [5.74, 6) is 0.568. The number of amides is 2. The molecule has 2 atom stereocenters. The number of hydrogen-bond acceptors (Lipinski definition) is 6. The van der Waals surface area contributed by atoms with Gasteiger partial charge >= 0.3 is 5.97 Å². The lowest BCUT2D eigenvalue weighted by atomic mass is 9.69. The van der Waals surface area contributed by atoms with Gasteiger partial charge in [-0.05, 0) is 55.7 Å². The number of carbonyl (C=O) groups excluding carboxylic acids is 3. The van der Waals surface area contributed by atoms with Gasteiger partial charge < -0.3 is 24.4 Å². The number of esters is 1. The van der Waals surface area contributed by atoms with Crippen LogP contribution in [0.2, 0.25) is 0 Å². The molecule has 1 saturated heterocycles. The van der Waals surface area contributed by atoms with Crippen molar-refractivity contribution in [1.29, 1.82) is 0 Å². The van der Waals surface area contributed by atoms with Gasteiger partial charge in [0.2, 0.25) is 18.6 Å². The van der Waals surface area contributed by atoms with Crippen LogP contribution in [-0.4, -0.2) is 43.1 Å². The van der Waals surface area contributed by atoms with Crippen LogP contribution in [0.3, 0.4) is 0 Å². The average Bonchev–Trinajstić information content (AvgIpc) is 3.19. The Morgan fingerprint density at radius 3 is 2.80 bits per heavy atom. The molecule has 8 heteroatoms. The summed E-state index contributed by atoms with van der Waals surface area (Å²) in [7, 11) is 1.39. The van der Waals surface area contributed by atoms with E-state index < -0.39 is 11.3 Å². The van der Waals surface area contributed by atoms with E-state index in [1.807, 2.05) is 24.3 Å². The fourth-order valence-electron chi connectivity index (χ4n) is 5.38. The number of nitrogens with one attached hydrogen (secondary N) is 1. The first-order valence-electron chi connectivity index (χ1n) is 12.6. The molecule has 1 N–H and O–H groups in total. The van der Waals surface area contributed by atoms with Crippen molar-refractivity contribution in [3.8, 4) is 11.5 Å². The minimum atomic E-state index is -0.932. The maximum absolute atomic E-state index is 13.8. The number of piperidine rings is 1. The highest BCUT2D eigenvalue weighted by atomic mass is 16.7. The van der Waals surface area contributed by atoms with Gasteiger partial charge in [-0.25, -0.2) is 0 Å². The molecule has 0 unspecified atom stereocenters. The Morgan fingerprint density at radius 2 is 2.03 bits per heavy atom. The molecule has 4 rings (SSSR count). The Kier molecular flexibility index (Phi) is 7.67. The molecule has 0 spiro atoms. The van der Waals surface area contributed by atoms with Crippen LogP contribution in [0.4, 0.5) is 0 Å². The maximum atomic E-state index is 13.8. The van der Waals surface area contributed by atoms with Gasteiger partial charge in [-0.15, -0.1) is 0 Å². The fourth-order valence-corrected chi connectivity index (χ4v) is 5.38. The van der Waals surface area contributed by atoms with Crippen molar-refractivity contribution in [2.24, 2.45) is 17.3 Å². The van der Waals surface area contributed by atoms with Crippen LogP contribution in [0, 0.1) is 17.3 Å². The standard InChI is InChI=1S/C27H36N2O6/c1-18(2)10-12-28-24(30)14-20-15-27(26(32)33-3)11-6-4-5-7-23(27)29(25(20)31)16-19-8-9-21-22(13-19)35-17-34-21/h7-9,13,18,20H,4-6,10-12,14-17H2,1-3H3,(H,28,30)/t20-,27+/m1/s1. The molecule has 0 radical (unpaired) electrons. The van der Waals surface area contributed by atoms with Crippen molar-refractivity contribution in [2.75, 3.05) is 20.4 Å². The maximum Gasteiger partial charge on any atom is 0.317 e. The number of nitrogens with zero attached hydrogens (tertiary/aromatic N) is 1. The van der Waals surface area contributed by atoms with Gasteiger partial charge in [0.25, 0.3) is 0 Å². The Labute approximate surface area is 207 Å². The molecule has 1 fully saturated rings. The van der Waals surface area contributed by atoms with E-state index in [2.05, 4.69) is 19.2 Å². The zero-order valence-electron chi connectivity index (χ0n) is 20.9. The molecule has 2 aliphatic heterocycles. The molecule has 2 amide bonds. The molecule has 0 saturated carbocycles. The molecule has 1 aromatic rings. The van der Waals surface area contributed by atoms with Crippen molar-refractivity contribution in [3.63, 3.8) is 0 Å². The van der Waals surface area contributed by atoms with E-state index >= 15 is 0 Å². The highest BCUT2D eigenvalue weighted by molar-refractivity contribution is 5.92. The summed E-state index contributed by atoms with van der Waals surface area (Å²) < 4.78 is 16.2. The number of fused-ring (bicyclic) bond motifs is 2. The number of ether oxygens (including phenoxy) is 3. The van der Waals surface area contributed by atoms with Crippen LogP contribution in [0.5, 0.6) is 11.5 Å². The third-order valence-electron chi connectivity index (χ3n) is 7.22. The van der Waals surface area contributed by atoms with Crippen LogP contribution in [0.25, 0.3) is 0 Å². The van der Waals surface area contributed by atoms with E-state index in [0.717, 1.165) is 31.2 Å². The summed E-state index contributed by atoms with van der Waals surface area (Å²) >= 11 is 0. The SMILES string of the molecule is COC(=O)[C@]12CCCCC=C1N(Cc1ccc3c(c1)OCO3)C(=O)[C@H](CC(=O)NCCC(C)C)C2. The molecule has 190 valence electrons. The number of allylic oxidation sites excluding steroid dienone is 1. The lowest BCUT2D eigenvalue weighted by molar-refractivity contribution is -0.160. The van der Waals surface area contributed by atoms with Gasteiger partial charge in [-0.1, -0.05) is 32.4 Å². The normalized spacial score (nSPS) is 23.4. The van der Waals surface area contributed by atoms with Gasteiger partial charge in [0.1, 0.15) is 5.41 Å². The molecule has 0 aromatic heterocycles. The van der Waals surface area contributed by atoms with Crippen LogP contribution in [0.1, 0.15) is 64.4 Å². The first-order valence-corrected chi connectivity index (χ1v) is 12.6. The summed E-state index contributed by atoms with van der Waals surface area (Å²) in [6.45, 7) is 5.24. The Balaban J connectivity index is 1.63.